The second-order valence-electron chi connectivity index (χ2n) is 4.84. The van der Waals surface area contributed by atoms with Crippen LogP contribution in [-0.2, 0) is 13.1 Å². The van der Waals surface area contributed by atoms with Gasteiger partial charge in [-0.3, -0.25) is 0 Å². The first-order valence-electron chi connectivity index (χ1n) is 6.26. The van der Waals surface area contributed by atoms with Gasteiger partial charge in [0, 0.05) is 24.7 Å². The Hall–Kier alpha value is -1.74. The Balaban J connectivity index is 1.96. The second kappa shape index (κ2) is 5.93. The molecule has 100 valence electrons. The van der Waals surface area contributed by atoms with Crippen molar-refractivity contribution < 1.29 is 8.78 Å². The van der Waals surface area contributed by atoms with Crippen molar-refractivity contribution in [1.29, 1.82) is 0 Å². The Bertz CT molecular complexity index is 559. The van der Waals surface area contributed by atoms with Crippen molar-refractivity contribution in [1.82, 2.24) is 5.32 Å². The molecule has 0 aliphatic carbocycles. The molecule has 0 aliphatic rings. The van der Waals surface area contributed by atoms with Crippen molar-refractivity contribution in [3.8, 4) is 0 Å². The minimum absolute atomic E-state index is 0.388. The van der Waals surface area contributed by atoms with Gasteiger partial charge >= 0.3 is 0 Å². The van der Waals surface area contributed by atoms with Crippen LogP contribution < -0.4 is 5.32 Å². The fourth-order valence-corrected chi connectivity index (χ4v) is 2.18. The van der Waals surface area contributed by atoms with E-state index in [1.54, 1.807) is 0 Å². The summed E-state index contributed by atoms with van der Waals surface area (Å²) >= 11 is 0. The summed E-state index contributed by atoms with van der Waals surface area (Å²) < 4.78 is 26.2. The van der Waals surface area contributed by atoms with Crippen molar-refractivity contribution in [3.05, 3.63) is 70.3 Å². The number of benzene rings is 2. The molecular formula is C16H17F2N. The summed E-state index contributed by atoms with van der Waals surface area (Å²) in [6, 6.07) is 9.97. The molecule has 2 rings (SSSR count). The van der Waals surface area contributed by atoms with Gasteiger partial charge in [-0.25, -0.2) is 8.78 Å². The summed E-state index contributed by atoms with van der Waals surface area (Å²) in [6.45, 7) is 5.16. The van der Waals surface area contributed by atoms with E-state index in [-0.39, 0.29) is 0 Å². The molecule has 2 aromatic carbocycles. The number of nitrogens with one attached hydrogen (secondary N) is 1. The maximum absolute atomic E-state index is 13.4. The lowest BCUT2D eigenvalue weighted by atomic mass is 10.1. The topological polar surface area (TPSA) is 12.0 Å². The molecule has 0 unspecified atom stereocenters. The summed E-state index contributed by atoms with van der Waals surface area (Å²) in [6.07, 6.45) is 0. The number of hydrogen-bond acceptors (Lipinski definition) is 1. The van der Waals surface area contributed by atoms with Gasteiger partial charge in [0.25, 0.3) is 0 Å². The molecule has 19 heavy (non-hydrogen) atoms. The summed E-state index contributed by atoms with van der Waals surface area (Å²) in [4.78, 5) is 0. The molecule has 0 aliphatic heterocycles. The van der Waals surface area contributed by atoms with Gasteiger partial charge in [0.15, 0.2) is 0 Å². The molecule has 0 heterocycles. The summed E-state index contributed by atoms with van der Waals surface area (Å²) in [5, 5.41) is 3.17. The third kappa shape index (κ3) is 3.86. The Labute approximate surface area is 112 Å². The molecule has 1 N–H and O–H groups in total. The molecule has 2 aromatic rings. The van der Waals surface area contributed by atoms with Gasteiger partial charge in [-0.1, -0.05) is 35.4 Å². The lowest BCUT2D eigenvalue weighted by Crippen LogP contribution is -2.14. The SMILES string of the molecule is Cc1cc(C)cc(CNCc2ccc(F)cc2F)c1. The van der Waals surface area contributed by atoms with Crippen LogP contribution in [0.1, 0.15) is 22.3 Å². The first-order chi connectivity index (χ1) is 9.04. The Morgan fingerprint density at radius 3 is 2.21 bits per heavy atom. The van der Waals surface area contributed by atoms with Gasteiger partial charge in [-0.15, -0.1) is 0 Å². The van der Waals surface area contributed by atoms with E-state index in [0.29, 0.717) is 18.7 Å². The summed E-state index contributed by atoms with van der Waals surface area (Å²) in [7, 11) is 0. The highest BCUT2D eigenvalue weighted by atomic mass is 19.1. The van der Waals surface area contributed by atoms with Crippen molar-refractivity contribution >= 4 is 0 Å². The van der Waals surface area contributed by atoms with Gasteiger partial charge < -0.3 is 5.32 Å². The van der Waals surface area contributed by atoms with Crippen LogP contribution in [0, 0.1) is 25.5 Å². The predicted molar refractivity (Wildman–Crippen MR) is 72.8 cm³/mol. The molecule has 1 nitrogen and oxygen atoms in total. The monoisotopic (exact) mass is 261 g/mol. The molecule has 0 spiro atoms. The fourth-order valence-electron chi connectivity index (χ4n) is 2.18. The van der Waals surface area contributed by atoms with Crippen LogP contribution in [0.25, 0.3) is 0 Å². The smallest absolute Gasteiger partial charge is 0.130 e. The van der Waals surface area contributed by atoms with E-state index in [2.05, 4.69) is 37.4 Å². The molecule has 0 saturated carbocycles. The van der Waals surface area contributed by atoms with Crippen LogP contribution in [0.5, 0.6) is 0 Å². The molecule has 0 bridgehead atoms. The zero-order valence-electron chi connectivity index (χ0n) is 11.1. The molecule has 0 fully saturated rings. The van der Waals surface area contributed by atoms with Crippen molar-refractivity contribution in [2.45, 2.75) is 26.9 Å². The third-order valence-corrected chi connectivity index (χ3v) is 2.94. The van der Waals surface area contributed by atoms with Crippen molar-refractivity contribution in [3.63, 3.8) is 0 Å². The number of halogens is 2. The zero-order chi connectivity index (χ0) is 13.8. The molecule has 0 radical (unpaired) electrons. The Morgan fingerprint density at radius 1 is 0.895 bits per heavy atom. The first-order valence-corrected chi connectivity index (χ1v) is 6.26. The highest BCUT2D eigenvalue weighted by Gasteiger charge is 2.03. The van der Waals surface area contributed by atoms with E-state index in [1.165, 1.54) is 28.8 Å². The molecule has 0 atom stereocenters. The predicted octanol–water partition coefficient (Wildman–Crippen LogP) is 3.87. The standard InChI is InChI=1S/C16H17F2N/c1-11-5-12(2)7-13(6-11)9-19-10-14-3-4-15(17)8-16(14)18/h3-8,19H,9-10H2,1-2H3. The van der Waals surface area contributed by atoms with Crippen LogP contribution in [0.2, 0.25) is 0 Å². The third-order valence-electron chi connectivity index (χ3n) is 2.94. The van der Waals surface area contributed by atoms with E-state index in [9.17, 15) is 8.78 Å². The molecule has 0 saturated heterocycles. The molecule has 3 heteroatoms. The average Bonchev–Trinajstić information content (AvgIpc) is 2.30. The highest BCUT2D eigenvalue weighted by molar-refractivity contribution is 5.28. The quantitative estimate of drug-likeness (QED) is 0.881. The summed E-state index contributed by atoms with van der Waals surface area (Å²) in [5.41, 5.74) is 4.07. The lowest BCUT2D eigenvalue weighted by Gasteiger charge is -2.08. The van der Waals surface area contributed by atoms with Crippen molar-refractivity contribution in [2.24, 2.45) is 0 Å². The van der Waals surface area contributed by atoms with Crippen LogP contribution in [0.4, 0.5) is 8.78 Å². The van der Waals surface area contributed by atoms with E-state index in [4.69, 9.17) is 0 Å². The number of hydrogen-bond donors (Lipinski definition) is 1. The van der Waals surface area contributed by atoms with Crippen molar-refractivity contribution in [2.75, 3.05) is 0 Å². The van der Waals surface area contributed by atoms with E-state index in [0.717, 1.165) is 6.07 Å². The molecule has 0 aromatic heterocycles. The molecule has 0 amide bonds. The zero-order valence-corrected chi connectivity index (χ0v) is 11.1. The molecular weight excluding hydrogens is 244 g/mol. The minimum Gasteiger partial charge on any atom is -0.309 e. The van der Waals surface area contributed by atoms with Gasteiger partial charge in [0.1, 0.15) is 11.6 Å². The highest BCUT2D eigenvalue weighted by Crippen LogP contribution is 2.11. The van der Waals surface area contributed by atoms with E-state index >= 15 is 0 Å². The van der Waals surface area contributed by atoms with Crippen LogP contribution in [0.15, 0.2) is 36.4 Å². The minimum atomic E-state index is -0.546. The summed E-state index contributed by atoms with van der Waals surface area (Å²) in [5.74, 6) is -1.05. The second-order valence-corrected chi connectivity index (χ2v) is 4.84. The maximum atomic E-state index is 13.4. The van der Waals surface area contributed by atoms with E-state index < -0.39 is 11.6 Å². The van der Waals surface area contributed by atoms with Crippen LogP contribution >= 0.6 is 0 Å². The number of aryl methyl sites for hydroxylation is 2. The van der Waals surface area contributed by atoms with Gasteiger partial charge in [-0.05, 0) is 25.5 Å². The normalized spacial score (nSPS) is 10.7. The van der Waals surface area contributed by atoms with Crippen LogP contribution in [-0.4, -0.2) is 0 Å². The van der Waals surface area contributed by atoms with Crippen LogP contribution in [0.3, 0.4) is 0 Å². The maximum Gasteiger partial charge on any atom is 0.130 e. The van der Waals surface area contributed by atoms with E-state index in [1.807, 2.05) is 0 Å². The Morgan fingerprint density at radius 2 is 1.58 bits per heavy atom. The lowest BCUT2D eigenvalue weighted by molar-refractivity contribution is 0.560. The Kier molecular flexibility index (Phi) is 4.27. The van der Waals surface area contributed by atoms with Gasteiger partial charge in [0.05, 0.1) is 0 Å². The largest absolute Gasteiger partial charge is 0.309 e. The number of rotatable bonds is 4. The fraction of sp³-hybridized carbons (Fsp3) is 0.250. The average molecular weight is 261 g/mol. The van der Waals surface area contributed by atoms with Gasteiger partial charge in [-0.2, -0.15) is 0 Å². The first kappa shape index (κ1) is 13.7. The van der Waals surface area contributed by atoms with Gasteiger partial charge in [0.2, 0.25) is 0 Å².